The van der Waals surface area contributed by atoms with Crippen LogP contribution in [0.1, 0.15) is 42.9 Å². The summed E-state index contributed by atoms with van der Waals surface area (Å²) in [6, 6.07) is 5.17. The Morgan fingerprint density at radius 2 is 2.06 bits per heavy atom. The summed E-state index contributed by atoms with van der Waals surface area (Å²) in [6.07, 6.45) is 4.61. The minimum absolute atomic E-state index is 0.0290. The Hall–Kier alpha value is -1.05. The predicted octanol–water partition coefficient (Wildman–Crippen LogP) is 3.22. The van der Waals surface area contributed by atoms with Crippen LogP contribution < -0.4 is 5.73 Å². The first-order valence-corrected chi connectivity index (χ1v) is 6.61. The number of nitrogens with zero attached hydrogens (tertiary/aromatic N) is 1. The van der Waals surface area contributed by atoms with Gasteiger partial charge in [-0.25, -0.2) is 0 Å². The summed E-state index contributed by atoms with van der Waals surface area (Å²) in [5.74, 6) is 0.437. The molecule has 1 aromatic carbocycles. The number of hydrogen-bond donors (Lipinski definition) is 2. The molecular formula is C13H15BrN2O. The van der Waals surface area contributed by atoms with E-state index in [0.29, 0.717) is 11.5 Å². The lowest BCUT2D eigenvalue weighted by Gasteiger charge is -2.21. The average molecular weight is 295 g/mol. The van der Waals surface area contributed by atoms with Gasteiger partial charge < -0.3 is 10.8 Å². The van der Waals surface area contributed by atoms with Crippen LogP contribution in [0.3, 0.4) is 0 Å². The molecular weight excluding hydrogens is 280 g/mol. The highest BCUT2D eigenvalue weighted by atomic mass is 79.9. The van der Waals surface area contributed by atoms with Crippen molar-refractivity contribution in [3.8, 4) is 11.8 Å². The van der Waals surface area contributed by atoms with Gasteiger partial charge in [0.2, 0.25) is 0 Å². The molecule has 0 aliphatic heterocycles. The van der Waals surface area contributed by atoms with E-state index < -0.39 is 0 Å². The molecule has 1 fully saturated rings. The third-order valence-corrected chi connectivity index (χ3v) is 4.22. The first kappa shape index (κ1) is 12.4. The lowest BCUT2D eigenvalue weighted by Crippen LogP contribution is -2.20. The maximum atomic E-state index is 10.1. The largest absolute Gasteiger partial charge is 0.506 e. The second-order valence-corrected chi connectivity index (χ2v) is 5.39. The highest BCUT2D eigenvalue weighted by Crippen LogP contribution is 2.41. The molecule has 1 aliphatic rings. The van der Waals surface area contributed by atoms with Gasteiger partial charge in [-0.3, -0.25) is 0 Å². The smallest absolute Gasteiger partial charge is 0.139 e. The van der Waals surface area contributed by atoms with Crippen LogP contribution in [0.2, 0.25) is 0 Å². The Bertz CT molecular complexity index is 461. The van der Waals surface area contributed by atoms with E-state index in [4.69, 9.17) is 11.0 Å². The molecule has 0 aromatic heterocycles. The molecule has 0 bridgehead atoms. The second kappa shape index (κ2) is 5.07. The van der Waals surface area contributed by atoms with Crippen LogP contribution in [0, 0.1) is 17.2 Å². The molecule has 4 heteroatoms. The minimum atomic E-state index is -0.194. The Morgan fingerprint density at radius 1 is 1.41 bits per heavy atom. The first-order valence-electron chi connectivity index (χ1n) is 5.82. The van der Waals surface area contributed by atoms with E-state index in [2.05, 4.69) is 15.9 Å². The van der Waals surface area contributed by atoms with Gasteiger partial charge in [0.25, 0.3) is 0 Å². The zero-order chi connectivity index (χ0) is 12.4. The lowest BCUT2D eigenvalue weighted by molar-refractivity contribution is 0.410. The summed E-state index contributed by atoms with van der Waals surface area (Å²) >= 11 is 3.41. The fourth-order valence-electron chi connectivity index (χ4n) is 2.54. The zero-order valence-corrected chi connectivity index (χ0v) is 11.1. The number of nitriles is 1. The van der Waals surface area contributed by atoms with E-state index in [0.717, 1.165) is 17.3 Å². The van der Waals surface area contributed by atoms with Gasteiger partial charge in [0.1, 0.15) is 11.8 Å². The summed E-state index contributed by atoms with van der Waals surface area (Å²) in [6.45, 7) is 0. The van der Waals surface area contributed by atoms with Crippen molar-refractivity contribution in [2.75, 3.05) is 0 Å². The molecule has 0 saturated heterocycles. The highest BCUT2D eigenvalue weighted by molar-refractivity contribution is 9.10. The predicted molar refractivity (Wildman–Crippen MR) is 69.4 cm³/mol. The maximum Gasteiger partial charge on any atom is 0.139 e. The van der Waals surface area contributed by atoms with Gasteiger partial charge in [-0.2, -0.15) is 5.26 Å². The van der Waals surface area contributed by atoms with E-state index in [-0.39, 0.29) is 17.4 Å². The van der Waals surface area contributed by atoms with Gasteiger partial charge in [0, 0.05) is 16.1 Å². The molecule has 0 amide bonds. The Kier molecular flexibility index (Phi) is 3.70. The van der Waals surface area contributed by atoms with Crippen molar-refractivity contribution in [1.29, 1.82) is 5.26 Å². The molecule has 1 aromatic rings. The van der Waals surface area contributed by atoms with Crippen LogP contribution in [0.5, 0.6) is 5.75 Å². The van der Waals surface area contributed by atoms with Gasteiger partial charge in [-0.15, -0.1) is 0 Å². The summed E-state index contributed by atoms with van der Waals surface area (Å²) in [7, 11) is 0. The van der Waals surface area contributed by atoms with Crippen LogP contribution in [-0.2, 0) is 0 Å². The molecule has 3 N–H and O–H groups in total. The Balaban J connectivity index is 2.40. The molecule has 2 rings (SSSR count). The van der Waals surface area contributed by atoms with Crippen molar-refractivity contribution < 1.29 is 5.11 Å². The van der Waals surface area contributed by atoms with Crippen LogP contribution in [0.4, 0.5) is 0 Å². The van der Waals surface area contributed by atoms with Crippen molar-refractivity contribution in [2.45, 2.75) is 31.7 Å². The zero-order valence-electron chi connectivity index (χ0n) is 9.49. The molecule has 3 nitrogen and oxygen atoms in total. The van der Waals surface area contributed by atoms with Crippen LogP contribution >= 0.6 is 15.9 Å². The second-order valence-electron chi connectivity index (χ2n) is 4.54. The third kappa shape index (κ3) is 2.31. The van der Waals surface area contributed by atoms with Gasteiger partial charge in [-0.1, -0.05) is 28.8 Å². The highest BCUT2D eigenvalue weighted by Gasteiger charge is 2.27. The SMILES string of the molecule is N#Cc1ccc(Br)c([C@H](N)C2CCCC2)c1O. The van der Waals surface area contributed by atoms with Crippen molar-refractivity contribution in [1.82, 2.24) is 0 Å². The number of benzene rings is 1. The molecule has 1 saturated carbocycles. The van der Waals surface area contributed by atoms with E-state index in [1.807, 2.05) is 6.07 Å². The Labute approximate surface area is 109 Å². The first-order chi connectivity index (χ1) is 8.15. The van der Waals surface area contributed by atoms with E-state index in [1.165, 1.54) is 12.8 Å². The molecule has 0 unspecified atom stereocenters. The number of phenols is 1. The van der Waals surface area contributed by atoms with Gasteiger partial charge in [0.15, 0.2) is 0 Å². The summed E-state index contributed by atoms with van der Waals surface area (Å²) in [4.78, 5) is 0. The molecule has 0 spiro atoms. The molecule has 17 heavy (non-hydrogen) atoms. The van der Waals surface area contributed by atoms with Crippen molar-refractivity contribution in [2.24, 2.45) is 11.7 Å². The minimum Gasteiger partial charge on any atom is -0.506 e. The number of nitrogens with two attached hydrogens (primary N) is 1. The normalized spacial score (nSPS) is 17.9. The fraction of sp³-hybridized carbons (Fsp3) is 0.462. The lowest BCUT2D eigenvalue weighted by atomic mass is 9.91. The van der Waals surface area contributed by atoms with Crippen molar-refractivity contribution in [3.63, 3.8) is 0 Å². The summed E-state index contributed by atoms with van der Waals surface area (Å²) < 4.78 is 0.786. The van der Waals surface area contributed by atoms with Crippen LogP contribution in [-0.4, -0.2) is 5.11 Å². The summed E-state index contributed by atoms with van der Waals surface area (Å²) in [5, 5.41) is 19.0. The topological polar surface area (TPSA) is 70.0 Å². The van der Waals surface area contributed by atoms with Crippen LogP contribution in [0.25, 0.3) is 0 Å². The van der Waals surface area contributed by atoms with Crippen LogP contribution in [0.15, 0.2) is 16.6 Å². The average Bonchev–Trinajstić information content (AvgIpc) is 2.82. The van der Waals surface area contributed by atoms with Gasteiger partial charge in [-0.05, 0) is 30.9 Å². The van der Waals surface area contributed by atoms with E-state index in [1.54, 1.807) is 12.1 Å². The molecule has 0 heterocycles. The molecule has 90 valence electrons. The number of hydrogen-bond acceptors (Lipinski definition) is 3. The molecule has 0 radical (unpaired) electrons. The third-order valence-electron chi connectivity index (χ3n) is 3.53. The van der Waals surface area contributed by atoms with Crippen molar-refractivity contribution >= 4 is 15.9 Å². The van der Waals surface area contributed by atoms with Gasteiger partial charge >= 0.3 is 0 Å². The number of aromatic hydroxyl groups is 1. The summed E-state index contributed by atoms with van der Waals surface area (Å²) in [5.41, 5.74) is 7.19. The number of phenolic OH excluding ortho intramolecular Hbond substituents is 1. The molecule has 1 atom stereocenters. The Morgan fingerprint density at radius 3 is 2.65 bits per heavy atom. The number of halogens is 1. The van der Waals surface area contributed by atoms with E-state index in [9.17, 15) is 5.11 Å². The number of rotatable bonds is 2. The standard InChI is InChI=1S/C13H15BrN2O/c14-10-6-5-9(7-15)13(17)11(10)12(16)8-3-1-2-4-8/h5-6,8,12,17H,1-4,16H2/t12-/m1/s1. The molecule has 1 aliphatic carbocycles. The van der Waals surface area contributed by atoms with Gasteiger partial charge in [0.05, 0.1) is 5.56 Å². The van der Waals surface area contributed by atoms with E-state index >= 15 is 0 Å². The monoisotopic (exact) mass is 294 g/mol. The quantitative estimate of drug-likeness (QED) is 0.880. The maximum absolute atomic E-state index is 10.1. The van der Waals surface area contributed by atoms with Crippen molar-refractivity contribution in [3.05, 3.63) is 27.7 Å². The fourth-order valence-corrected chi connectivity index (χ4v) is 3.13.